The van der Waals surface area contributed by atoms with E-state index in [1.54, 1.807) is 0 Å². The van der Waals surface area contributed by atoms with Crippen LogP contribution in [-0.4, -0.2) is 6.03 Å². The monoisotopic (exact) mass is 322 g/mol. The van der Waals surface area contributed by atoms with Gasteiger partial charge in [-0.15, -0.1) is 0 Å². The van der Waals surface area contributed by atoms with Crippen molar-refractivity contribution in [3.63, 3.8) is 0 Å². The number of aryl methyl sites for hydroxylation is 1. The minimum atomic E-state index is -0.210. The number of carbonyl (C=O) groups is 1. The molecule has 1 aromatic heterocycles. The molecule has 0 unspecified atom stereocenters. The van der Waals surface area contributed by atoms with E-state index >= 15 is 0 Å². The van der Waals surface area contributed by atoms with E-state index in [0.717, 1.165) is 27.9 Å². The summed E-state index contributed by atoms with van der Waals surface area (Å²) < 4.78 is 5.80. The highest BCUT2D eigenvalue weighted by molar-refractivity contribution is 5.78. The van der Waals surface area contributed by atoms with Gasteiger partial charge in [-0.1, -0.05) is 42.5 Å². The summed E-state index contributed by atoms with van der Waals surface area (Å²) in [5.41, 5.74) is 3.11. The fourth-order valence-electron chi connectivity index (χ4n) is 2.87. The lowest BCUT2D eigenvalue weighted by molar-refractivity contribution is 0.233. The van der Waals surface area contributed by atoms with Crippen molar-refractivity contribution >= 4 is 17.0 Å². The Bertz CT molecular complexity index is 820. The minimum Gasteiger partial charge on any atom is -0.459 e. The molecule has 0 aliphatic carbocycles. The van der Waals surface area contributed by atoms with Crippen LogP contribution in [0.4, 0.5) is 4.79 Å². The van der Waals surface area contributed by atoms with Gasteiger partial charge in [-0.25, -0.2) is 4.79 Å². The van der Waals surface area contributed by atoms with E-state index in [0.29, 0.717) is 0 Å². The molecule has 0 fully saturated rings. The van der Waals surface area contributed by atoms with Crippen molar-refractivity contribution in [3.05, 3.63) is 71.5 Å². The number of benzene rings is 2. The SMILES string of the molecule is Cc1ccccc1[C@@H](C)NC(=O)N[C@@H](C)c1cc2ccccc2o1. The molecule has 0 saturated carbocycles. The summed E-state index contributed by atoms with van der Waals surface area (Å²) in [6.07, 6.45) is 0. The maximum atomic E-state index is 12.3. The lowest BCUT2D eigenvalue weighted by Gasteiger charge is -2.19. The number of nitrogens with one attached hydrogen (secondary N) is 2. The summed E-state index contributed by atoms with van der Waals surface area (Å²) in [6.45, 7) is 5.94. The van der Waals surface area contributed by atoms with Crippen LogP contribution in [0.15, 0.2) is 59.0 Å². The molecule has 3 aromatic rings. The second kappa shape index (κ2) is 6.79. The largest absolute Gasteiger partial charge is 0.459 e. The normalized spacial score (nSPS) is 13.5. The molecule has 0 spiro atoms. The van der Waals surface area contributed by atoms with Crippen LogP contribution in [0.5, 0.6) is 0 Å². The van der Waals surface area contributed by atoms with Crippen LogP contribution in [0.2, 0.25) is 0 Å². The molecule has 0 saturated heterocycles. The summed E-state index contributed by atoms with van der Waals surface area (Å²) in [7, 11) is 0. The number of urea groups is 1. The maximum Gasteiger partial charge on any atom is 0.315 e. The zero-order valence-electron chi connectivity index (χ0n) is 14.2. The highest BCUT2D eigenvalue weighted by Crippen LogP contribution is 2.23. The second-order valence-electron chi connectivity index (χ2n) is 6.10. The van der Waals surface area contributed by atoms with Crippen LogP contribution in [0, 0.1) is 6.92 Å². The summed E-state index contributed by atoms with van der Waals surface area (Å²) in [5.74, 6) is 0.745. The van der Waals surface area contributed by atoms with Crippen LogP contribution in [-0.2, 0) is 0 Å². The van der Waals surface area contributed by atoms with Gasteiger partial charge in [0.15, 0.2) is 0 Å². The molecule has 4 heteroatoms. The molecule has 3 rings (SSSR count). The van der Waals surface area contributed by atoms with Gasteiger partial charge in [0, 0.05) is 5.39 Å². The maximum absolute atomic E-state index is 12.3. The molecule has 2 amide bonds. The first-order valence-electron chi connectivity index (χ1n) is 8.15. The Balaban J connectivity index is 1.64. The Morgan fingerprint density at radius 3 is 2.38 bits per heavy atom. The lowest BCUT2D eigenvalue weighted by Crippen LogP contribution is -2.38. The van der Waals surface area contributed by atoms with Gasteiger partial charge in [0.2, 0.25) is 0 Å². The Hall–Kier alpha value is -2.75. The molecule has 4 nitrogen and oxygen atoms in total. The summed E-state index contributed by atoms with van der Waals surface area (Å²) >= 11 is 0. The quantitative estimate of drug-likeness (QED) is 0.720. The van der Waals surface area contributed by atoms with E-state index in [-0.39, 0.29) is 18.1 Å². The van der Waals surface area contributed by atoms with Gasteiger partial charge in [-0.05, 0) is 44.0 Å². The van der Waals surface area contributed by atoms with E-state index < -0.39 is 0 Å². The Kier molecular flexibility index (Phi) is 4.56. The Morgan fingerprint density at radius 1 is 0.958 bits per heavy atom. The molecule has 2 N–H and O–H groups in total. The third-order valence-electron chi connectivity index (χ3n) is 4.22. The van der Waals surface area contributed by atoms with E-state index in [9.17, 15) is 4.79 Å². The van der Waals surface area contributed by atoms with Crippen LogP contribution in [0.1, 0.15) is 42.8 Å². The van der Waals surface area contributed by atoms with E-state index in [4.69, 9.17) is 4.42 Å². The molecule has 2 aromatic carbocycles. The van der Waals surface area contributed by atoms with Crippen molar-refractivity contribution in [2.75, 3.05) is 0 Å². The average Bonchev–Trinajstić information content (AvgIpc) is 2.99. The van der Waals surface area contributed by atoms with Gasteiger partial charge in [0.1, 0.15) is 11.3 Å². The molecule has 0 radical (unpaired) electrons. The van der Waals surface area contributed by atoms with E-state index in [1.165, 1.54) is 0 Å². The first-order chi connectivity index (χ1) is 11.5. The zero-order valence-corrected chi connectivity index (χ0v) is 14.2. The number of fused-ring (bicyclic) bond motifs is 1. The summed E-state index contributed by atoms with van der Waals surface area (Å²) in [5, 5.41) is 6.95. The van der Waals surface area contributed by atoms with Crippen molar-refractivity contribution in [1.82, 2.24) is 10.6 Å². The number of furan rings is 1. The molecule has 2 atom stereocenters. The van der Waals surface area contributed by atoms with Crippen molar-refractivity contribution < 1.29 is 9.21 Å². The number of para-hydroxylation sites is 1. The smallest absolute Gasteiger partial charge is 0.315 e. The van der Waals surface area contributed by atoms with Gasteiger partial charge >= 0.3 is 6.03 Å². The van der Waals surface area contributed by atoms with E-state index in [2.05, 4.69) is 10.6 Å². The molecule has 0 aliphatic heterocycles. The van der Waals surface area contributed by atoms with Gasteiger partial charge in [0.05, 0.1) is 12.1 Å². The topological polar surface area (TPSA) is 54.3 Å². The Morgan fingerprint density at radius 2 is 1.62 bits per heavy atom. The third-order valence-corrected chi connectivity index (χ3v) is 4.22. The first kappa shape index (κ1) is 16.1. The predicted molar refractivity (Wildman–Crippen MR) is 95.9 cm³/mol. The van der Waals surface area contributed by atoms with E-state index in [1.807, 2.05) is 75.4 Å². The van der Waals surface area contributed by atoms with Crippen molar-refractivity contribution in [1.29, 1.82) is 0 Å². The standard InChI is InChI=1S/C20H22N2O2/c1-13-8-4-6-10-17(13)14(2)21-20(23)22-15(3)19-12-16-9-5-7-11-18(16)24-19/h4-12,14-15H,1-3H3,(H2,21,22,23)/t14-,15+/m1/s1. The molecule has 0 aliphatic rings. The van der Waals surface area contributed by atoms with Crippen LogP contribution < -0.4 is 10.6 Å². The third kappa shape index (κ3) is 3.43. The van der Waals surface area contributed by atoms with Crippen LogP contribution in [0.3, 0.4) is 0 Å². The van der Waals surface area contributed by atoms with Gasteiger partial charge < -0.3 is 15.1 Å². The van der Waals surface area contributed by atoms with Crippen LogP contribution >= 0.6 is 0 Å². The van der Waals surface area contributed by atoms with Crippen molar-refractivity contribution in [2.45, 2.75) is 32.9 Å². The molecular weight excluding hydrogens is 300 g/mol. The molecule has 0 bridgehead atoms. The van der Waals surface area contributed by atoms with Crippen LogP contribution in [0.25, 0.3) is 11.0 Å². The van der Waals surface area contributed by atoms with Gasteiger partial charge in [-0.2, -0.15) is 0 Å². The molecule has 24 heavy (non-hydrogen) atoms. The number of rotatable bonds is 4. The number of hydrogen-bond acceptors (Lipinski definition) is 2. The first-order valence-corrected chi connectivity index (χ1v) is 8.15. The molecular formula is C20H22N2O2. The lowest BCUT2D eigenvalue weighted by atomic mass is 10.0. The summed E-state index contributed by atoms with van der Waals surface area (Å²) in [6, 6.07) is 17.4. The molecule has 124 valence electrons. The zero-order chi connectivity index (χ0) is 17.1. The highest BCUT2D eigenvalue weighted by atomic mass is 16.3. The molecule has 1 heterocycles. The highest BCUT2D eigenvalue weighted by Gasteiger charge is 2.16. The summed E-state index contributed by atoms with van der Waals surface area (Å²) in [4.78, 5) is 12.3. The van der Waals surface area contributed by atoms with Crippen molar-refractivity contribution in [2.24, 2.45) is 0 Å². The number of carbonyl (C=O) groups excluding carboxylic acids is 1. The fourth-order valence-corrected chi connectivity index (χ4v) is 2.87. The van der Waals surface area contributed by atoms with Gasteiger partial charge in [-0.3, -0.25) is 0 Å². The number of hydrogen-bond donors (Lipinski definition) is 2. The Labute approximate surface area is 141 Å². The fraction of sp³-hybridized carbons (Fsp3) is 0.250. The second-order valence-corrected chi connectivity index (χ2v) is 6.10. The minimum absolute atomic E-state index is 0.0610. The van der Waals surface area contributed by atoms with Gasteiger partial charge in [0.25, 0.3) is 0 Å². The predicted octanol–water partition coefficient (Wildman–Crippen LogP) is 4.86. The number of amides is 2. The van der Waals surface area contributed by atoms with Crippen molar-refractivity contribution in [3.8, 4) is 0 Å². The average molecular weight is 322 g/mol.